The quantitative estimate of drug-likeness (QED) is 0.848. The normalized spacial score (nSPS) is 18.1. The van der Waals surface area contributed by atoms with Gasteiger partial charge in [0.2, 0.25) is 0 Å². The number of halogens is 2. The van der Waals surface area contributed by atoms with Crippen LogP contribution in [-0.2, 0) is 16.4 Å². The van der Waals surface area contributed by atoms with Gasteiger partial charge in [0, 0.05) is 6.04 Å². The summed E-state index contributed by atoms with van der Waals surface area (Å²) in [6, 6.07) is 9.74. The lowest BCUT2D eigenvalue weighted by Gasteiger charge is -2.36. The lowest BCUT2D eigenvalue weighted by molar-refractivity contribution is 0.510. The molecule has 0 radical (unpaired) electrons. The standard InChI is InChI=1S/C16H15F2NO2S/c1-11-9-10-12-5-2-3-8-15(12)19(11)22(20,21)16-13(17)6-4-7-14(16)18/h2-8,11H,9-10H2,1H3/t11-/m1/s1. The highest BCUT2D eigenvalue weighted by Gasteiger charge is 2.37. The van der Waals surface area contributed by atoms with E-state index in [9.17, 15) is 17.2 Å². The Labute approximate surface area is 128 Å². The number of para-hydroxylation sites is 1. The Morgan fingerprint density at radius 3 is 2.36 bits per heavy atom. The summed E-state index contributed by atoms with van der Waals surface area (Å²) in [4.78, 5) is -0.890. The van der Waals surface area contributed by atoms with Gasteiger partial charge in [0.25, 0.3) is 10.0 Å². The van der Waals surface area contributed by atoms with Crippen LogP contribution in [-0.4, -0.2) is 14.5 Å². The fourth-order valence-corrected chi connectivity index (χ4v) is 4.69. The first-order valence-corrected chi connectivity index (χ1v) is 8.43. The van der Waals surface area contributed by atoms with Crippen LogP contribution in [0.5, 0.6) is 0 Å². The number of anilines is 1. The summed E-state index contributed by atoms with van der Waals surface area (Å²) >= 11 is 0. The third-order valence-corrected chi connectivity index (χ3v) is 5.88. The van der Waals surface area contributed by atoms with Crippen molar-refractivity contribution in [3.8, 4) is 0 Å². The zero-order chi connectivity index (χ0) is 15.9. The molecule has 6 heteroatoms. The molecule has 3 nitrogen and oxygen atoms in total. The third-order valence-electron chi connectivity index (χ3n) is 3.90. The van der Waals surface area contributed by atoms with Gasteiger partial charge in [-0.3, -0.25) is 4.31 Å². The van der Waals surface area contributed by atoms with Gasteiger partial charge in [-0.2, -0.15) is 0 Å². The summed E-state index contributed by atoms with van der Waals surface area (Å²) < 4.78 is 54.7. The predicted molar refractivity (Wildman–Crippen MR) is 80.2 cm³/mol. The molecule has 0 bridgehead atoms. The molecule has 2 aromatic rings. The molecule has 0 amide bonds. The molecular weight excluding hydrogens is 308 g/mol. The summed E-state index contributed by atoms with van der Waals surface area (Å²) in [6.45, 7) is 1.74. The van der Waals surface area contributed by atoms with Gasteiger partial charge in [-0.15, -0.1) is 0 Å². The van der Waals surface area contributed by atoms with Crippen LogP contribution in [0.4, 0.5) is 14.5 Å². The molecule has 116 valence electrons. The maximum absolute atomic E-state index is 14.0. The minimum Gasteiger partial charge on any atom is -0.263 e. The molecule has 1 aliphatic rings. The molecule has 1 aliphatic heterocycles. The Morgan fingerprint density at radius 2 is 1.68 bits per heavy atom. The number of sulfonamides is 1. The number of fused-ring (bicyclic) bond motifs is 1. The largest absolute Gasteiger partial charge is 0.270 e. The van der Waals surface area contributed by atoms with Crippen LogP contribution in [0.15, 0.2) is 47.4 Å². The second-order valence-corrected chi connectivity index (χ2v) is 7.12. The van der Waals surface area contributed by atoms with Crippen molar-refractivity contribution in [1.82, 2.24) is 0 Å². The summed E-state index contributed by atoms with van der Waals surface area (Å²) in [5, 5.41) is 0. The van der Waals surface area contributed by atoms with Gasteiger partial charge < -0.3 is 0 Å². The molecule has 0 spiro atoms. The Kier molecular flexibility index (Phi) is 3.64. The lowest BCUT2D eigenvalue weighted by atomic mass is 9.99. The van der Waals surface area contributed by atoms with Crippen molar-refractivity contribution in [3.63, 3.8) is 0 Å². The number of hydrogen-bond donors (Lipinski definition) is 0. The lowest BCUT2D eigenvalue weighted by Crippen LogP contribution is -2.42. The van der Waals surface area contributed by atoms with Crippen LogP contribution in [0.1, 0.15) is 18.9 Å². The average Bonchev–Trinajstić information content (AvgIpc) is 2.46. The molecule has 0 unspecified atom stereocenters. The van der Waals surface area contributed by atoms with E-state index in [1.807, 2.05) is 12.1 Å². The van der Waals surface area contributed by atoms with E-state index in [2.05, 4.69) is 0 Å². The van der Waals surface area contributed by atoms with Crippen molar-refractivity contribution in [3.05, 3.63) is 59.7 Å². The van der Waals surface area contributed by atoms with Gasteiger partial charge >= 0.3 is 0 Å². The number of rotatable bonds is 2. The van der Waals surface area contributed by atoms with Crippen molar-refractivity contribution in [2.75, 3.05) is 4.31 Å². The molecule has 0 saturated carbocycles. The zero-order valence-electron chi connectivity index (χ0n) is 12.0. The molecule has 0 saturated heterocycles. The molecule has 1 atom stereocenters. The summed E-state index contributed by atoms with van der Waals surface area (Å²) in [6.07, 6.45) is 1.34. The Balaban J connectivity index is 2.21. The molecule has 1 heterocycles. The SMILES string of the molecule is C[C@@H]1CCc2ccccc2N1S(=O)(=O)c1c(F)cccc1F. The van der Waals surface area contributed by atoms with E-state index in [0.29, 0.717) is 12.1 Å². The van der Waals surface area contributed by atoms with Crippen molar-refractivity contribution in [2.24, 2.45) is 0 Å². The predicted octanol–water partition coefficient (Wildman–Crippen LogP) is 3.49. The molecular formula is C16H15F2NO2S. The van der Waals surface area contributed by atoms with Crippen molar-refractivity contribution in [1.29, 1.82) is 0 Å². The first-order valence-electron chi connectivity index (χ1n) is 6.99. The first kappa shape index (κ1) is 15.0. The van der Waals surface area contributed by atoms with Crippen LogP contribution >= 0.6 is 0 Å². The van der Waals surface area contributed by atoms with E-state index in [1.165, 1.54) is 0 Å². The number of aryl methyl sites for hydroxylation is 1. The van der Waals surface area contributed by atoms with E-state index >= 15 is 0 Å². The number of hydrogen-bond acceptors (Lipinski definition) is 2. The smallest absolute Gasteiger partial charge is 0.263 e. The van der Waals surface area contributed by atoms with Crippen molar-refractivity contribution >= 4 is 15.7 Å². The fraction of sp³-hybridized carbons (Fsp3) is 0.250. The highest BCUT2D eigenvalue weighted by molar-refractivity contribution is 7.92. The van der Waals surface area contributed by atoms with Crippen molar-refractivity contribution in [2.45, 2.75) is 30.7 Å². The molecule has 3 rings (SSSR count). The number of benzene rings is 2. The van der Waals surface area contributed by atoms with Crippen LogP contribution < -0.4 is 4.31 Å². The second kappa shape index (κ2) is 5.35. The van der Waals surface area contributed by atoms with Crippen LogP contribution in [0.25, 0.3) is 0 Å². The molecule has 2 aromatic carbocycles. The van der Waals surface area contributed by atoms with E-state index in [4.69, 9.17) is 0 Å². The Bertz CT molecular complexity index is 800. The minimum atomic E-state index is -4.30. The molecule has 0 aromatic heterocycles. The maximum atomic E-state index is 14.0. The summed E-state index contributed by atoms with van der Waals surface area (Å²) in [5.41, 5.74) is 1.35. The van der Waals surface area contributed by atoms with Gasteiger partial charge in [-0.25, -0.2) is 17.2 Å². The van der Waals surface area contributed by atoms with E-state index < -0.39 is 26.6 Å². The maximum Gasteiger partial charge on any atom is 0.270 e. The summed E-state index contributed by atoms with van der Waals surface area (Å²) in [7, 11) is -4.30. The molecule has 0 N–H and O–H groups in total. The monoisotopic (exact) mass is 323 g/mol. The van der Waals surface area contributed by atoms with Crippen LogP contribution in [0.3, 0.4) is 0 Å². The van der Waals surface area contributed by atoms with Gasteiger partial charge in [0.1, 0.15) is 11.6 Å². The van der Waals surface area contributed by atoms with E-state index in [0.717, 1.165) is 34.5 Å². The van der Waals surface area contributed by atoms with Crippen LogP contribution in [0, 0.1) is 11.6 Å². The summed E-state index contributed by atoms with van der Waals surface area (Å²) in [5.74, 6) is -2.15. The average molecular weight is 323 g/mol. The Morgan fingerprint density at radius 1 is 1.05 bits per heavy atom. The highest BCUT2D eigenvalue weighted by atomic mass is 32.2. The van der Waals surface area contributed by atoms with Crippen LogP contribution in [0.2, 0.25) is 0 Å². The van der Waals surface area contributed by atoms with Gasteiger partial charge in [-0.1, -0.05) is 24.3 Å². The Hall–Kier alpha value is -1.95. The molecule has 0 fully saturated rings. The molecule has 0 aliphatic carbocycles. The van der Waals surface area contributed by atoms with Gasteiger partial charge in [-0.05, 0) is 43.5 Å². The fourth-order valence-electron chi connectivity index (χ4n) is 2.85. The van der Waals surface area contributed by atoms with E-state index in [1.54, 1.807) is 19.1 Å². The third kappa shape index (κ3) is 2.27. The second-order valence-electron chi connectivity index (χ2n) is 5.37. The minimum absolute atomic E-state index is 0.362. The topological polar surface area (TPSA) is 37.4 Å². The first-order chi connectivity index (χ1) is 10.4. The van der Waals surface area contributed by atoms with Gasteiger partial charge in [0.15, 0.2) is 4.90 Å². The van der Waals surface area contributed by atoms with E-state index in [-0.39, 0.29) is 6.04 Å². The zero-order valence-corrected chi connectivity index (χ0v) is 12.8. The van der Waals surface area contributed by atoms with Gasteiger partial charge in [0.05, 0.1) is 5.69 Å². The highest BCUT2D eigenvalue weighted by Crippen LogP contribution is 2.36. The number of nitrogens with zero attached hydrogens (tertiary/aromatic N) is 1. The van der Waals surface area contributed by atoms with Crippen molar-refractivity contribution < 1.29 is 17.2 Å². The molecule has 22 heavy (non-hydrogen) atoms.